The highest BCUT2D eigenvalue weighted by Gasteiger charge is 2.51. The molecule has 0 unspecified atom stereocenters. The molecular weight excluding hydrogens is 394 g/mol. The number of amides is 1. The predicted molar refractivity (Wildman–Crippen MR) is 116 cm³/mol. The number of aryl methyl sites for hydroxylation is 1. The maximum absolute atomic E-state index is 12.8. The second kappa shape index (κ2) is 7.77. The number of nitrogens with zero attached hydrogens (tertiary/aromatic N) is 2. The van der Waals surface area contributed by atoms with Crippen molar-refractivity contribution in [2.24, 2.45) is 17.8 Å². The zero-order valence-corrected chi connectivity index (χ0v) is 17.9. The normalized spacial score (nSPS) is 28.6. The molecular formula is C24H29N3O4. The Hall–Kier alpha value is -2.70. The van der Waals surface area contributed by atoms with E-state index in [-0.39, 0.29) is 29.3 Å². The Morgan fingerprint density at radius 2 is 1.71 bits per heavy atom. The van der Waals surface area contributed by atoms with Crippen LogP contribution >= 0.6 is 0 Å². The topological polar surface area (TPSA) is 90.3 Å². The number of rotatable bonds is 6. The summed E-state index contributed by atoms with van der Waals surface area (Å²) in [6.07, 6.45) is 7.77. The molecule has 1 N–H and O–H groups in total. The third-order valence-corrected chi connectivity index (χ3v) is 7.27. The number of hydrogen-bond donors (Lipinski definition) is 1. The van der Waals surface area contributed by atoms with Gasteiger partial charge in [-0.15, -0.1) is 0 Å². The molecule has 7 heteroatoms. The van der Waals surface area contributed by atoms with Gasteiger partial charge in [-0.1, -0.05) is 25.1 Å². The Morgan fingerprint density at radius 1 is 1.10 bits per heavy atom. The average Bonchev–Trinajstić information content (AvgIpc) is 2.73. The van der Waals surface area contributed by atoms with Gasteiger partial charge >= 0.3 is 5.97 Å². The summed E-state index contributed by atoms with van der Waals surface area (Å²) in [5.74, 6) is 1.25. The van der Waals surface area contributed by atoms with Crippen molar-refractivity contribution in [2.45, 2.75) is 64.0 Å². The van der Waals surface area contributed by atoms with E-state index in [1.165, 1.54) is 23.9 Å². The number of carbonyl (C=O) groups excluding carboxylic acids is 2. The van der Waals surface area contributed by atoms with Crippen molar-refractivity contribution in [3.8, 4) is 0 Å². The second-order valence-electron chi connectivity index (χ2n) is 9.74. The Balaban J connectivity index is 1.30. The number of fused-ring (bicyclic) bond motifs is 1. The lowest BCUT2D eigenvalue weighted by atomic mass is 9.53. The van der Waals surface area contributed by atoms with Gasteiger partial charge in [0.2, 0.25) is 0 Å². The van der Waals surface area contributed by atoms with Crippen LogP contribution in [0.15, 0.2) is 29.1 Å². The van der Waals surface area contributed by atoms with Gasteiger partial charge in [-0.3, -0.25) is 9.59 Å². The van der Waals surface area contributed by atoms with Crippen LogP contribution in [0.1, 0.15) is 62.4 Å². The number of carbonyl (C=O) groups is 2. The van der Waals surface area contributed by atoms with Crippen LogP contribution in [0.2, 0.25) is 0 Å². The molecule has 0 saturated heterocycles. The van der Waals surface area contributed by atoms with E-state index in [1.54, 1.807) is 24.3 Å². The molecule has 4 bridgehead atoms. The van der Waals surface area contributed by atoms with Crippen LogP contribution in [0, 0.1) is 17.8 Å². The van der Waals surface area contributed by atoms with E-state index in [9.17, 15) is 14.4 Å². The molecule has 1 heterocycles. The molecule has 0 spiro atoms. The molecule has 7 nitrogen and oxygen atoms in total. The van der Waals surface area contributed by atoms with E-state index in [2.05, 4.69) is 10.4 Å². The fourth-order valence-electron chi connectivity index (χ4n) is 6.54. The summed E-state index contributed by atoms with van der Waals surface area (Å²) in [4.78, 5) is 38.1. The van der Waals surface area contributed by atoms with Gasteiger partial charge in [0, 0.05) is 17.5 Å². The molecule has 0 aliphatic heterocycles. The van der Waals surface area contributed by atoms with Gasteiger partial charge < -0.3 is 10.1 Å². The minimum absolute atomic E-state index is 0.0752. The summed E-state index contributed by atoms with van der Waals surface area (Å²) in [5, 5.41) is 8.34. The fraction of sp³-hybridized carbons (Fsp3) is 0.583. The molecule has 4 fully saturated rings. The van der Waals surface area contributed by atoms with Gasteiger partial charge in [-0.2, -0.15) is 5.10 Å². The van der Waals surface area contributed by atoms with Crippen LogP contribution in [0.4, 0.5) is 0 Å². The van der Waals surface area contributed by atoms with Crippen LogP contribution in [0.25, 0.3) is 10.8 Å². The van der Waals surface area contributed by atoms with E-state index in [4.69, 9.17) is 4.74 Å². The molecule has 2 aromatic rings. The molecule has 1 aromatic carbocycles. The molecule has 0 radical (unpaired) electrons. The molecule has 6 rings (SSSR count). The highest BCUT2D eigenvalue weighted by Crippen LogP contribution is 2.55. The molecule has 164 valence electrons. The lowest BCUT2D eigenvalue weighted by Crippen LogP contribution is -2.60. The second-order valence-corrected chi connectivity index (χ2v) is 9.74. The summed E-state index contributed by atoms with van der Waals surface area (Å²) in [7, 11) is 0. The first-order chi connectivity index (χ1) is 15.0. The molecule has 4 aliphatic carbocycles. The maximum Gasteiger partial charge on any atom is 0.359 e. The van der Waals surface area contributed by atoms with Gasteiger partial charge in [-0.05, 0) is 68.8 Å². The minimum atomic E-state index is -0.679. The predicted octanol–water partition coefficient (Wildman–Crippen LogP) is 3.05. The summed E-state index contributed by atoms with van der Waals surface area (Å²) < 4.78 is 6.66. The first kappa shape index (κ1) is 20.2. The Labute approximate surface area is 181 Å². The Morgan fingerprint density at radius 3 is 2.32 bits per heavy atom. The highest BCUT2D eigenvalue weighted by atomic mass is 16.5. The third kappa shape index (κ3) is 3.75. The van der Waals surface area contributed by atoms with Crippen molar-refractivity contribution in [1.82, 2.24) is 15.1 Å². The van der Waals surface area contributed by atoms with E-state index < -0.39 is 5.97 Å². The van der Waals surface area contributed by atoms with E-state index in [0.717, 1.165) is 37.0 Å². The Bertz CT molecular complexity index is 1050. The monoisotopic (exact) mass is 423 g/mol. The van der Waals surface area contributed by atoms with Crippen molar-refractivity contribution in [3.63, 3.8) is 0 Å². The number of aromatic nitrogens is 2. The largest absolute Gasteiger partial charge is 0.451 e. The quantitative estimate of drug-likeness (QED) is 0.721. The third-order valence-electron chi connectivity index (χ3n) is 7.27. The van der Waals surface area contributed by atoms with Gasteiger partial charge in [0.1, 0.15) is 0 Å². The van der Waals surface area contributed by atoms with E-state index in [0.29, 0.717) is 23.7 Å². The summed E-state index contributed by atoms with van der Waals surface area (Å²) in [6.45, 7) is 2.02. The highest BCUT2D eigenvalue weighted by molar-refractivity contribution is 6.02. The van der Waals surface area contributed by atoms with Gasteiger partial charge in [-0.25, -0.2) is 9.48 Å². The number of ether oxygens (including phenoxy) is 1. The first-order valence-electron chi connectivity index (χ1n) is 11.4. The first-order valence-corrected chi connectivity index (χ1v) is 11.4. The van der Waals surface area contributed by atoms with Crippen molar-refractivity contribution in [3.05, 3.63) is 40.3 Å². The van der Waals surface area contributed by atoms with Crippen LogP contribution in [-0.4, -0.2) is 33.8 Å². The Kier molecular flexibility index (Phi) is 5.07. The smallest absolute Gasteiger partial charge is 0.359 e. The van der Waals surface area contributed by atoms with Crippen LogP contribution < -0.4 is 10.9 Å². The van der Waals surface area contributed by atoms with Gasteiger partial charge in [0.15, 0.2) is 12.3 Å². The maximum atomic E-state index is 12.8. The van der Waals surface area contributed by atoms with E-state index in [1.807, 2.05) is 6.92 Å². The van der Waals surface area contributed by atoms with Crippen LogP contribution in [0.3, 0.4) is 0 Å². The SMILES string of the molecule is CCCn1nc(C(=O)OCC(=O)NC23CC4CC(CC(C4)C2)C3)c2ccccc2c1=O. The lowest BCUT2D eigenvalue weighted by molar-refractivity contribution is -0.130. The molecule has 1 amide bonds. The minimum Gasteiger partial charge on any atom is -0.451 e. The number of esters is 1. The fourth-order valence-corrected chi connectivity index (χ4v) is 6.54. The van der Waals surface area contributed by atoms with Crippen molar-refractivity contribution in [2.75, 3.05) is 6.61 Å². The standard InChI is InChI=1S/C24H29N3O4/c1-2-7-27-22(29)19-6-4-3-5-18(19)21(26-27)23(30)31-14-20(28)25-24-11-15-8-16(12-24)10-17(9-15)13-24/h3-6,15-17H,2,7-14H2,1H3,(H,25,28). The molecule has 4 saturated carbocycles. The summed E-state index contributed by atoms with van der Waals surface area (Å²) in [5.41, 5.74) is -0.267. The number of benzene rings is 1. The van der Waals surface area contributed by atoms with Crippen LogP contribution in [0.5, 0.6) is 0 Å². The summed E-state index contributed by atoms with van der Waals surface area (Å²) >= 11 is 0. The lowest BCUT2D eigenvalue weighted by Gasteiger charge is -2.56. The van der Waals surface area contributed by atoms with E-state index >= 15 is 0 Å². The zero-order chi connectivity index (χ0) is 21.6. The number of nitrogens with one attached hydrogen (secondary N) is 1. The number of hydrogen-bond acceptors (Lipinski definition) is 5. The van der Waals surface area contributed by atoms with Gasteiger partial charge in [0.25, 0.3) is 11.5 Å². The zero-order valence-electron chi connectivity index (χ0n) is 17.9. The molecule has 31 heavy (non-hydrogen) atoms. The van der Waals surface area contributed by atoms with Crippen molar-refractivity contribution < 1.29 is 14.3 Å². The molecule has 1 aromatic heterocycles. The van der Waals surface area contributed by atoms with Crippen molar-refractivity contribution >= 4 is 22.6 Å². The summed E-state index contributed by atoms with van der Waals surface area (Å²) in [6, 6.07) is 6.88. The van der Waals surface area contributed by atoms with Gasteiger partial charge in [0.05, 0.1) is 5.39 Å². The van der Waals surface area contributed by atoms with Crippen LogP contribution in [-0.2, 0) is 16.1 Å². The molecule has 0 atom stereocenters. The average molecular weight is 424 g/mol. The van der Waals surface area contributed by atoms with Crippen molar-refractivity contribution in [1.29, 1.82) is 0 Å². The molecule has 4 aliphatic rings.